The van der Waals surface area contributed by atoms with E-state index in [0.29, 0.717) is 16.3 Å². The van der Waals surface area contributed by atoms with Crippen molar-refractivity contribution in [3.05, 3.63) is 68.8 Å². The Morgan fingerprint density at radius 3 is 2.41 bits per heavy atom. The van der Waals surface area contributed by atoms with Crippen LogP contribution in [-0.2, 0) is 9.59 Å². The van der Waals surface area contributed by atoms with Gasteiger partial charge < -0.3 is 15.1 Å². The van der Waals surface area contributed by atoms with Gasteiger partial charge in [-0.2, -0.15) is 0 Å². The zero-order chi connectivity index (χ0) is 24.6. The molecule has 1 saturated heterocycles. The van der Waals surface area contributed by atoms with E-state index < -0.39 is 11.8 Å². The predicted molar refractivity (Wildman–Crippen MR) is 134 cm³/mol. The fourth-order valence-corrected chi connectivity index (χ4v) is 4.70. The summed E-state index contributed by atoms with van der Waals surface area (Å²) in [5.41, 5.74) is 1.13. The van der Waals surface area contributed by atoms with Gasteiger partial charge in [-0.05, 0) is 36.4 Å². The van der Waals surface area contributed by atoms with E-state index in [1.54, 1.807) is 29.2 Å². The Morgan fingerprint density at radius 2 is 1.74 bits per heavy atom. The van der Waals surface area contributed by atoms with E-state index in [9.17, 15) is 14.4 Å². The molecule has 2 aromatic rings. The number of nitrogens with zero attached hydrogens (tertiary/aromatic N) is 2. The molecule has 2 heterocycles. The first-order valence-corrected chi connectivity index (χ1v) is 12.0. The van der Waals surface area contributed by atoms with Crippen molar-refractivity contribution in [1.82, 2.24) is 4.90 Å². The second kappa shape index (κ2) is 9.96. The Balaban J connectivity index is 1.52. The van der Waals surface area contributed by atoms with E-state index >= 15 is 0 Å². The highest BCUT2D eigenvalue weighted by Crippen LogP contribution is 2.33. The maximum Gasteiger partial charge on any atom is 0.283 e. The minimum absolute atomic E-state index is 0.0750. The number of amides is 3. The number of benzene rings is 2. The molecule has 0 radical (unpaired) electrons. The van der Waals surface area contributed by atoms with Crippen molar-refractivity contribution >= 4 is 63.9 Å². The summed E-state index contributed by atoms with van der Waals surface area (Å²) < 4.78 is 0. The number of halogens is 3. The molecule has 4 rings (SSSR count). The largest absolute Gasteiger partial charge is 0.350 e. The number of piperidine rings is 1. The Morgan fingerprint density at radius 1 is 1.03 bits per heavy atom. The van der Waals surface area contributed by atoms with E-state index in [1.165, 1.54) is 23.1 Å². The van der Waals surface area contributed by atoms with E-state index in [4.69, 9.17) is 34.8 Å². The van der Waals surface area contributed by atoms with Crippen LogP contribution >= 0.6 is 34.8 Å². The molecule has 3 amide bonds. The summed E-state index contributed by atoms with van der Waals surface area (Å²) in [7, 11) is 3.98. The van der Waals surface area contributed by atoms with Gasteiger partial charge in [0, 0.05) is 37.2 Å². The second-order valence-electron chi connectivity index (χ2n) is 8.54. The fourth-order valence-electron chi connectivity index (χ4n) is 4.20. The molecule has 7 nitrogen and oxygen atoms in total. The molecule has 0 atom stereocenters. The van der Waals surface area contributed by atoms with E-state index in [-0.39, 0.29) is 33.4 Å². The van der Waals surface area contributed by atoms with Gasteiger partial charge in [-0.25, -0.2) is 4.90 Å². The van der Waals surface area contributed by atoms with Crippen molar-refractivity contribution < 1.29 is 19.3 Å². The van der Waals surface area contributed by atoms with E-state index in [0.717, 1.165) is 30.8 Å². The number of anilines is 2. The number of likely N-dealkylation sites (tertiary alicyclic amines) is 1. The maximum atomic E-state index is 13.1. The molecular weight excluding hydrogens is 499 g/mol. The molecule has 2 aliphatic heterocycles. The highest BCUT2D eigenvalue weighted by Gasteiger charge is 2.39. The van der Waals surface area contributed by atoms with Crippen molar-refractivity contribution in [2.45, 2.75) is 18.9 Å². The number of hydrogen-bond donors (Lipinski definition) is 2. The van der Waals surface area contributed by atoms with Crippen LogP contribution in [0, 0.1) is 0 Å². The molecular formula is C24H24Cl3N4O3+. The molecule has 0 aromatic heterocycles. The van der Waals surface area contributed by atoms with Gasteiger partial charge in [0.15, 0.2) is 0 Å². The van der Waals surface area contributed by atoms with Crippen molar-refractivity contribution in [3.63, 3.8) is 0 Å². The van der Waals surface area contributed by atoms with Crippen LogP contribution in [-0.4, -0.2) is 55.8 Å². The van der Waals surface area contributed by atoms with E-state index in [2.05, 4.69) is 12.4 Å². The Hall–Kier alpha value is -2.58. The average molecular weight is 523 g/mol. The molecule has 0 spiro atoms. The number of carbonyl (C=O) groups excluding carboxylic acids is 3. The summed E-state index contributed by atoms with van der Waals surface area (Å²) in [6.45, 7) is 2.06. The minimum atomic E-state index is -0.677. The molecule has 0 bridgehead atoms. The third kappa shape index (κ3) is 4.79. The number of nitrogens with one attached hydrogen (secondary N) is 2. The number of rotatable bonds is 5. The quantitative estimate of drug-likeness (QED) is 0.592. The first kappa shape index (κ1) is 24.5. The Labute approximate surface area is 212 Å². The fraction of sp³-hybridized carbons (Fsp3) is 0.292. The van der Waals surface area contributed by atoms with Crippen LogP contribution in [0.25, 0.3) is 0 Å². The molecule has 2 aliphatic rings. The zero-order valence-electron chi connectivity index (χ0n) is 18.7. The first-order chi connectivity index (χ1) is 16.2. The van der Waals surface area contributed by atoms with Crippen molar-refractivity contribution in [3.8, 4) is 0 Å². The number of imide groups is 1. The molecule has 34 heavy (non-hydrogen) atoms. The van der Waals surface area contributed by atoms with Crippen LogP contribution in [0.5, 0.6) is 0 Å². The normalized spacial score (nSPS) is 20.7. The van der Waals surface area contributed by atoms with Crippen LogP contribution in [0.1, 0.15) is 23.2 Å². The molecule has 2 N–H and O–H groups in total. The molecule has 0 aliphatic carbocycles. The molecule has 178 valence electrons. The molecule has 2 aromatic carbocycles. The SMILES string of the molecule is CN(C(=O)c1cccc(NC2=C(Cl)C(=O)N(c3ccc(Cl)c(Cl)c3)C2=O)c1)C1CC[NH+](C)CC1. The summed E-state index contributed by atoms with van der Waals surface area (Å²) in [4.78, 5) is 43.0. The smallest absolute Gasteiger partial charge is 0.283 e. The lowest BCUT2D eigenvalue weighted by Gasteiger charge is -2.33. The standard InChI is InChI=1S/C24H23Cl3N4O3/c1-29-10-8-16(9-11-29)30(2)22(32)14-4-3-5-15(12-14)28-21-20(27)23(33)31(24(21)34)17-6-7-18(25)19(26)13-17/h3-7,12-13,16,28H,8-11H2,1-2H3/p+1. The summed E-state index contributed by atoms with van der Waals surface area (Å²) in [5, 5.41) is 3.18. The van der Waals surface area contributed by atoms with Gasteiger partial charge in [-0.15, -0.1) is 0 Å². The van der Waals surface area contributed by atoms with Gasteiger partial charge in [0.1, 0.15) is 10.7 Å². The van der Waals surface area contributed by atoms with Gasteiger partial charge in [0.25, 0.3) is 17.7 Å². The summed E-state index contributed by atoms with van der Waals surface area (Å²) in [6, 6.07) is 11.4. The van der Waals surface area contributed by atoms with Gasteiger partial charge in [0.05, 0.1) is 35.9 Å². The molecule has 10 heteroatoms. The third-order valence-corrected chi connectivity index (χ3v) is 7.33. The van der Waals surface area contributed by atoms with Crippen LogP contribution in [0.15, 0.2) is 53.2 Å². The van der Waals surface area contributed by atoms with Crippen molar-refractivity contribution in [2.75, 3.05) is 37.4 Å². The van der Waals surface area contributed by atoms with Gasteiger partial charge in [-0.3, -0.25) is 14.4 Å². The monoisotopic (exact) mass is 521 g/mol. The topological polar surface area (TPSA) is 74.2 Å². The predicted octanol–water partition coefficient (Wildman–Crippen LogP) is 3.18. The molecule has 0 unspecified atom stereocenters. The first-order valence-electron chi connectivity index (χ1n) is 10.9. The van der Waals surface area contributed by atoms with Gasteiger partial charge >= 0.3 is 0 Å². The second-order valence-corrected chi connectivity index (χ2v) is 9.74. The Bertz CT molecular complexity index is 1190. The maximum absolute atomic E-state index is 13.1. The van der Waals surface area contributed by atoms with E-state index in [1.807, 2.05) is 7.05 Å². The van der Waals surface area contributed by atoms with Crippen LogP contribution in [0.3, 0.4) is 0 Å². The van der Waals surface area contributed by atoms with Crippen LogP contribution in [0.2, 0.25) is 10.0 Å². The van der Waals surface area contributed by atoms with Crippen LogP contribution < -0.4 is 15.1 Å². The van der Waals surface area contributed by atoms with Crippen LogP contribution in [0.4, 0.5) is 11.4 Å². The Kier molecular flexibility index (Phi) is 7.19. The summed E-state index contributed by atoms with van der Waals surface area (Å²) in [6.07, 6.45) is 1.91. The van der Waals surface area contributed by atoms with Gasteiger partial charge in [-0.1, -0.05) is 40.9 Å². The summed E-state index contributed by atoms with van der Waals surface area (Å²) in [5.74, 6) is -1.40. The highest BCUT2D eigenvalue weighted by atomic mass is 35.5. The lowest BCUT2D eigenvalue weighted by molar-refractivity contribution is -0.885. The molecule has 1 fully saturated rings. The lowest BCUT2D eigenvalue weighted by atomic mass is 10.0. The minimum Gasteiger partial charge on any atom is -0.350 e. The number of quaternary nitrogens is 1. The van der Waals surface area contributed by atoms with Crippen molar-refractivity contribution in [2.24, 2.45) is 0 Å². The number of hydrogen-bond acceptors (Lipinski definition) is 4. The van der Waals surface area contributed by atoms with Gasteiger partial charge in [0.2, 0.25) is 0 Å². The molecule has 0 saturated carbocycles. The lowest BCUT2D eigenvalue weighted by Crippen LogP contribution is -3.10. The number of carbonyl (C=O) groups is 3. The highest BCUT2D eigenvalue weighted by molar-refractivity contribution is 6.53. The third-order valence-electron chi connectivity index (χ3n) is 6.24. The zero-order valence-corrected chi connectivity index (χ0v) is 21.0. The average Bonchev–Trinajstić information content (AvgIpc) is 3.03. The van der Waals surface area contributed by atoms with Crippen molar-refractivity contribution in [1.29, 1.82) is 0 Å². The summed E-state index contributed by atoms with van der Waals surface area (Å²) >= 11 is 18.2.